The summed E-state index contributed by atoms with van der Waals surface area (Å²) in [4.78, 5) is 12.5. The summed E-state index contributed by atoms with van der Waals surface area (Å²) in [7, 11) is 0. The number of anilines is 1. The number of nitrogens with zero attached hydrogens (tertiary/aromatic N) is 2. The largest absolute Gasteiger partial charge is 0.444 e. The lowest BCUT2D eigenvalue weighted by Crippen LogP contribution is -2.62. The van der Waals surface area contributed by atoms with Crippen molar-refractivity contribution in [2.75, 3.05) is 5.73 Å². The number of carbonyl (C=O) groups is 1. The van der Waals surface area contributed by atoms with E-state index in [9.17, 15) is 9.90 Å². The Labute approximate surface area is 198 Å². The van der Waals surface area contributed by atoms with Gasteiger partial charge in [-0.05, 0) is 45.4 Å². The number of aromatic nitrogens is 2. The minimum atomic E-state index is -1.08. The molecule has 0 unspecified atom stereocenters. The van der Waals surface area contributed by atoms with Gasteiger partial charge in [0, 0.05) is 29.5 Å². The van der Waals surface area contributed by atoms with E-state index in [0.29, 0.717) is 11.3 Å². The molecule has 8 heteroatoms. The molecule has 0 aliphatic heterocycles. The van der Waals surface area contributed by atoms with Gasteiger partial charge in [-0.3, -0.25) is 0 Å². The van der Waals surface area contributed by atoms with E-state index >= 15 is 4.39 Å². The molecule has 0 radical (unpaired) electrons. The summed E-state index contributed by atoms with van der Waals surface area (Å²) in [5.74, 6) is -0.265. The third-order valence-electron chi connectivity index (χ3n) is 5.76. The van der Waals surface area contributed by atoms with Gasteiger partial charge in [-0.25, -0.2) is 9.18 Å². The molecule has 178 valence electrons. The summed E-state index contributed by atoms with van der Waals surface area (Å²) in [6.45, 7) is 6.92. The number of nitrogens with one attached hydrogen (secondary N) is 1. The van der Waals surface area contributed by atoms with E-state index in [1.165, 1.54) is 6.07 Å². The molecule has 3 aromatic rings. The molecule has 1 aromatic heterocycles. The molecule has 1 saturated carbocycles. The number of aliphatic hydroxyl groups is 1. The smallest absolute Gasteiger partial charge is 0.408 e. The van der Waals surface area contributed by atoms with Crippen LogP contribution < -0.4 is 11.1 Å². The van der Waals surface area contributed by atoms with Gasteiger partial charge in [-0.1, -0.05) is 42.5 Å². The predicted molar refractivity (Wildman–Crippen MR) is 128 cm³/mol. The van der Waals surface area contributed by atoms with Crippen LogP contribution in [0.5, 0.6) is 0 Å². The van der Waals surface area contributed by atoms with Gasteiger partial charge in [0.1, 0.15) is 22.9 Å². The van der Waals surface area contributed by atoms with Crippen LogP contribution in [0.3, 0.4) is 0 Å². The van der Waals surface area contributed by atoms with Crippen molar-refractivity contribution in [2.45, 2.75) is 57.3 Å². The summed E-state index contributed by atoms with van der Waals surface area (Å²) in [5.41, 5.74) is 5.95. The van der Waals surface area contributed by atoms with Crippen molar-refractivity contribution in [3.63, 3.8) is 0 Å². The minimum absolute atomic E-state index is 0.159. The number of nitrogen functional groups attached to an aromatic ring is 1. The van der Waals surface area contributed by atoms with E-state index in [2.05, 4.69) is 15.5 Å². The van der Waals surface area contributed by atoms with Crippen molar-refractivity contribution < 1.29 is 19.0 Å². The second-order valence-electron chi connectivity index (χ2n) is 10.2. The summed E-state index contributed by atoms with van der Waals surface area (Å²) in [6.07, 6.45) is -0.346. The fourth-order valence-corrected chi connectivity index (χ4v) is 4.60. The molecule has 4 rings (SSSR count). The van der Waals surface area contributed by atoms with E-state index in [1.807, 2.05) is 30.3 Å². The van der Waals surface area contributed by atoms with Crippen LogP contribution in [0.1, 0.15) is 46.1 Å². The molecule has 0 bridgehead atoms. The number of hydrogen-bond donors (Lipinski definition) is 3. The van der Waals surface area contributed by atoms with Crippen molar-refractivity contribution in [3.05, 3.63) is 66.0 Å². The van der Waals surface area contributed by atoms with E-state index in [0.717, 1.165) is 11.1 Å². The average Bonchev–Trinajstić information content (AvgIpc) is 2.71. The highest BCUT2D eigenvalue weighted by molar-refractivity contribution is 5.82. The number of nitrogens with two attached hydrogens (primary N) is 1. The second kappa shape index (κ2) is 8.36. The first-order valence-electron chi connectivity index (χ1n) is 11.1. The monoisotopic (exact) mass is 464 g/mol. The summed E-state index contributed by atoms with van der Waals surface area (Å²) < 4.78 is 20.9. The van der Waals surface area contributed by atoms with Crippen molar-refractivity contribution in [1.29, 1.82) is 0 Å². The number of benzene rings is 2. The number of alkyl carbamates (subject to hydrolysis) is 1. The Bertz CT molecular complexity index is 1210. The Kier molecular flexibility index (Phi) is 5.81. The molecule has 1 amide bonds. The lowest BCUT2D eigenvalue weighted by Gasteiger charge is -2.52. The van der Waals surface area contributed by atoms with E-state index < -0.39 is 28.7 Å². The maximum absolute atomic E-state index is 15.6. The number of hydrogen-bond acceptors (Lipinski definition) is 6. The number of rotatable bonds is 4. The zero-order valence-electron chi connectivity index (χ0n) is 19.7. The first kappa shape index (κ1) is 23.6. The van der Waals surface area contributed by atoms with Crippen molar-refractivity contribution in [2.24, 2.45) is 0 Å². The van der Waals surface area contributed by atoms with Crippen molar-refractivity contribution in [3.8, 4) is 22.4 Å². The van der Waals surface area contributed by atoms with Crippen LogP contribution in [-0.4, -0.2) is 32.6 Å². The van der Waals surface area contributed by atoms with Gasteiger partial charge >= 0.3 is 6.09 Å². The maximum Gasteiger partial charge on any atom is 0.408 e. The fourth-order valence-electron chi connectivity index (χ4n) is 4.60. The normalized spacial score (nSPS) is 22.1. The first-order chi connectivity index (χ1) is 15.9. The number of halogens is 1. The Morgan fingerprint density at radius 2 is 1.76 bits per heavy atom. The molecule has 2 aromatic carbocycles. The van der Waals surface area contributed by atoms with Gasteiger partial charge in [0.05, 0.1) is 11.1 Å². The first-order valence-corrected chi connectivity index (χ1v) is 11.1. The summed E-state index contributed by atoms with van der Waals surface area (Å²) in [5, 5.41) is 21.4. The molecule has 1 aliphatic rings. The van der Waals surface area contributed by atoms with Crippen LogP contribution in [0.25, 0.3) is 22.4 Å². The molecule has 7 nitrogen and oxygen atoms in total. The number of amides is 1. The van der Waals surface area contributed by atoms with Gasteiger partial charge in [-0.2, -0.15) is 0 Å². The van der Waals surface area contributed by atoms with E-state index in [4.69, 9.17) is 10.5 Å². The molecule has 1 fully saturated rings. The molecular formula is C26H29FN4O3. The molecule has 1 heterocycles. The van der Waals surface area contributed by atoms with E-state index in [-0.39, 0.29) is 24.2 Å². The molecule has 0 spiro atoms. The Morgan fingerprint density at radius 1 is 1.09 bits per heavy atom. The SMILES string of the molecule is CC1(O)CC(NC(=O)OC(C)(C)C)(c2ccc(-c3nnc(N)cc3-c3ccccc3)cc2F)C1. The summed E-state index contributed by atoms with van der Waals surface area (Å²) >= 11 is 0. The second-order valence-corrected chi connectivity index (χ2v) is 10.2. The zero-order valence-corrected chi connectivity index (χ0v) is 19.7. The van der Waals surface area contributed by atoms with Gasteiger partial charge in [-0.15, -0.1) is 10.2 Å². The average molecular weight is 465 g/mol. The van der Waals surface area contributed by atoms with Crippen LogP contribution in [0.2, 0.25) is 0 Å². The highest BCUT2D eigenvalue weighted by Crippen LogP contribution is 2.49. The van der Waals surface area contributed by atoms with Crippen LogP contribution in [0, 0.1) is 5.82 Å². The molecule has 0 saturated heterocycles. The molecule has 4 N–H and O–H groups in total. The van der Waals surface area contributed by atoms with Gasteiger partial charge in [0.2, 0.25) is 0 Å². The van der Waals surface area contributed by atoms with Crippen LogP contribution in [0.4, 0.5) is 15.0 Å². The van der Waals surface area contributed by atoms with Crippen LogP contribution in [0.15, 0.2) is 54.6 Å². The standard InChI is InChI=1S/C26H29FN4O3/c1-24(2,3)34-23(32)29-26(14-25(4,33)15-26)19-11-10-17(12-20(19)27)22-18(13-21(28)30-31-22)16-8-6-5-7-9-16/h5-13,33H,14-15H2,1-4H3,(H2,28,30)(H,29,32). The summed E-state index contributed by atoms with van der Waals surface area (Å²) in [6, 6.07) is 16.0. The number of carbonyl (C=O) groups excluding carboxylic acids is 1. The van der Waals surface area contributed by atoms with Crippen molar-refractivity contribution in [1.82, 2.24) is 15.5 Å². The quantitative estimate of drug-likeness (QED) is 0.512. The molecular weight excluding hydrogens is 435 g/mol. The van der Waals surface area contributed by atoms with Crippen LogP contribution in [-0.2, 0) is 10.3 Å². The Hall–Kier alpha value is -3.52. The number of ether oxygens (including phenoxy) is 1. The highest BCUT2D eigenvalue weighted by Gasteiger charge is 2.54. The zero-order chi connectivity index (χ0) is 24.7. The Morgan fingerprint density at radius 3 is 2.35 bits per heavy atom. The maximum atomic E-state index is 15.6. The molecule has 0 atom stereocenters. The lowest BCUT2D eigenvalue weighted by molar-refractivity contribution is -0.0902. The molecule has 34 heavy (non-hydrogen) atoms. The van der Waals surface area contributed by atoms with E-state index in [1.54, 1.807) is 45.9 Å². The van der Waals surface area contributed by atoms with Gasteiger partial charge in [0.25, 0.3) is 0 Å². The topological polar surface area (TPSA) is 110 Å². The third kappa shape index (κ3) is 4.87. The lowest BCUT2D eigenvalue weighted by atomic mass is 9.62. The minimum Gasteiger partial charge on any atom is -0.444 e. The Balaban J connectivity index is 1.72. The third-order valence-corrected chi connectivity index (χ3v) is 5.76. The highest BCUT2D eigenvalue weighted by atomic mass is 19.1. The van der Waals surface area contributed by atoms with Gasteiger partial charge in [0.15, 0.2) is 0 Å². The predicted octanol–water partition coefficient (Wildman–Crippen LogP) is 4.80. The van der Waals surface area contributed by atoms with Gasteiger partial charge < -0.3 is 20.9 Å². The van der Waals surface area contributed by atoms with Crippen molar-refractivity contribution >= 4 is 11.9 Å². The molecule has 1 aliphatic carbocycles. The van der Waals surface area contributed by atoms with Crippen LogP contribution >= 0.6 is 0 Å². The fraction of sp³-hybridized carbons (Fsp3) is 0.346.